The molecule has 2 aliphatic rings. The van der Waals surface area contributed by atoms with E-state index in [9.17, 15) is 4.79 Å². The third-order valence-corrected chi connectivity index (χ3v) is 7.87. The fraction of sp³-hybridized carbons (Fsp3) is 0.435. The maximum Gasteiger partial charge on any atom is 0.243 e. The Kier molecular flexibility index (Phi) is 6.20. The second kappa shape index (κ2) is 9.22. The molecule has 2 aromatic heterocycles. The number of nitrogens with one attached hydrogen (secondary N) is 2. The normalized spacial score (nSPS) is 16.4. The van der Waals surface area contributed by atoms with Crippen LogP contribution in [0.1, 0.15) is 41.9 Å². The van der Waals surface area contributed by atoms with Crippen molar-refractivity contribution < 1.29 is 4.79 Å². The van der Waals surface area contributed by atoms with Crippen LogP contribution >= 0.6 is 27.3 Å². The van der Waals surface area contributed by atoms with Gasteiger partial charge in [0.25, 0.3) is 0 Å². The summed E-state index contributed by atoms with van der Waals surface area (Å²) in [5.74, 6) is 1.56. The molecule has 1 aliphatic heterocycles. The highest BCUT2D eigenvalue weighted by Gasteiger charge is 2.23. The van der Waals surface area contributed by atoms with Crippen LogP contribution in [-0.2, 0) is 24.2 Å². The van der Waals surface area contributed by atoms with Crippen molar-refractivity contribution in [1.29, 1.82) is 0 Å². The van der Waals surface area contributed by atoms with E-state index in [-0.39, 0.29) is 12.5 Å². The molecule has 1 fully saturated rings. The zero-order valence-electron chi connectivity index (χ0n) is 17.4. The number of anilines is 2. The van der Waals surface area contributed by atoms with E-state index in [4.69, 9.17) is 9.97 Å². The number of rotatable bonds is 6. The van der Waals surface area contributed by atoms with Crippen LogP contribution in [0.25, 0.3) is 10.2 Å². The molecule has 0 saturated carbocycles. The number of carbonyl (C=O) groups is 1. The summed E-state index contributed by atoms with van der Waals surface area (Å²) in [7, 11) is 0. The summed E-state index contributed by atoms with van der Waals surface area (Å²) in [6.07, 6.45) is 7.19. The molecule has 1 aliphatic carbocycles. The Bertz CT molecular complexity index is 1110. The number of aryl methyl sites for hydroxylation is 2. The molecule has 1 amide bonds. The molecule has 6 nitrogen and oxygen atoms in total. The summed E-state index contributed by atoms with van der Waals surface area (Å²) < 4.78 is 0.868. The van der Waals surface area contributed by atoms with Gasteiger partial charge in [-0.3, -0.25) is 9.69 Å². The molecule has 8 heteroatoms. The number of halogens is 1. The lowest BCUT2D eigenvalue weighted by Gasteiger charge is -2.25. The number of amides is 1. The van der Waals surface area contributed by atoms with Crippen LogP contribution in [0.5, 0.6) is 0 Å². The van der Waals surface area contributed by atoms with Crippen molar-refractivity contribution in [1.82, 2.24) is 14.9 Å². The summed E-state index contributed by atoms with van der Waals surface area (Å²) in [5.41, 5.74) is 2.14. The number of piperidine rings is 1. The topological polar surface area (TPSA) is 70.2 Å². The maximum atomic E-state index is 12.6. The Morgan fingerprint density at radius 2 is 1.94 bits per heavy atom. The highest BCUT2D eigenvalue weighted by atomic mass is 79.9. The molecule has 3 heterocycles. The Morgan fingerprint density at radius 1 is 1.10 bits per heavy atom. The van der Waals surface area contributed by atoms with Crippen LogP contribution in [-0.4, -0.2) is 40.4 Å². The molecule has 0 spiro atoms. The molecule has 162 valence electrons. The first-order valence-corrected chi connectivity index (χ1v) is 12.6. The zero-order valence-corrected chi connectivity index (χ0v) is 19.8. The standard InChI is InChI=1S/C23H26BrN5OS/c24-16-8-2-3-9-17(16)26-20(30)13-25-22-21-15-7-6-10-18(15)31-23(21)28-19(27-22)14-29-11-4-1-5-12-29/h2-3,8-9H,1,4-7,10-14H2,(H,26,30)(H,25,27,28). The predicted octanol–water partition coefficient (Wildman–Crippen LogP) is 4.98. The van der Waals surface area contributed by atoms with Gasteiger partial charge in [0.1, 0.15) is 16.5 Å². The zero-order chi connectivity index (χ0) is 21.2. The van der Waals surface area contributed by atoms with Gasteiger partial charge in [0.05, 0.1) is 24.2 Å². The summed E-state index contributed by atoms with van der Waals surface area (Å²) >= 11 is 5.28. The minimum absolute atomic E-state index is 0.0943. The Hall–Kier alpha value is -2.03. The third-order valence-electron chi connectivity index (χ3n) is 5.99. The van der Waals surface area contributed by atoms with E-state index >= 15 is 0 Å². The Balaban J connectivity index is 1.38. The molecule has 0 unspecified atom stereocenters. The van der Waals surface area contributed by atoms with Gasteiger partial charge < -0.3 is 10.6 Å². The van der Waals surface area contributed by atoms with Crippen LogP contribution in [0.15, 0.2) is 28.7 Å². The van der Waals surface area contributed by atoms with Gasteiger partial charge in [0.2, 0.25) is 5.91 Å². The fourth-order valence-electron chi connectivity index (χ4n) is 4.48. The number of carbonyl (C=O) groups excluding carboxylic acids is 1. The van der Waals surface area contributed by atoms with Crippen molar-refractivity contribution in [3.05, 3.63) is 45.0 Å². The number of thiophene rings is 1. The van der Waals surface area contributed by atoms with E-state index in [1.165, 1.54) is 36.1 Å². The largest absolute Gasteiger partial charge is 0.360 e. The number of benzene rings is 1. The molecular formula is C23H26BrN5OS. The first-order chi connectivity index (χ1) is 15.2. The van der Waals surface area contributed by atoms with Crippen LogP contribution in [0.2, 0.25) is 0 Å². The number of hydrogen-bond acceptors (Lipinski definition) is 6. The van der Waals surface area contributed by atoms with Gasteiger partial charge in [-0.25, -0.2) is 9.97 Å². The van der Waals surface area contributed by atoms with Crippen LogP contribution in [0.3, 0.4) is 0 Å². The smallest absolute Gasteiger partial charge is 0.243 e. The quantitative estimate of drug-likeness (QED) is 0.500. The number of para-hydroxylation sites is 1. The monoisotopic (exact) mass is 499 g/mol. The fourth-order valence-corrected chi connectivity index (χ4v) is 6.14. The summed E-state index contributed by atoms with van der Waals surface area (Å²) in [6.45, 7) is 3.16. The van der Waals surface area contributed by atoms with E-state index in [0.29, 0.717) is 0 Å². The Morgan fingerprint density at radius 3 is 2.77 bits per heavy atom. The average molecular weight is 500 g/mol. The molecule has 1 saturated heterocycles. The van der Waals surface area contributed by atoms with Crippen LogP contribution in [0.4, 0.5) is 11.5 Å². The van der Waals surface area contributed by atoms with Gasteiger partial charge >= 0.3 is 0 Å². The number of fused-ring (bicyclic) bond motifs is 3. The molecule has 1 aromatic carbocycles. The SMILES string of the molecule is O=C(CNc1nc(CN2CCCCC2)nc2sc3c(c12)CCC3)Nc1ccccc1Br. The first kappa shape index (κ1) is 20.8. The molecule has 2 N–H and O–H groups in total. The summed E-state index contributed by atoms with van der Waals surface area (Å²) in [4.78, 5) is 27.3. The molecule has 31 heavy (non-hydrogen) atoms. The lowest BCUT2D eigenvalue weighted by atomic mass is 10.1. The van der Waals surface area contributed by atoms with Gasteiger partial charge in [0.15, 0.2) is 0 Å². The van der Waals surface area contributed by atoms with Crippen LogP contribution in [0, 0.1) is 0 Å². The van der Waals surface area contributed by atoms with Crippen LogP contribution < -0.4 is 10.6 Å². The van der Waals surface area contributed by atoms with Gasteiger partial charge in [0, 0.05) is 9.35 Å². The van der Waals surface area contributed by atoms with E-state index in [2.05, 4.69) is 31.5 Å². The Labute approximate surface area is 194 Å². The third kappa shape index (κ3) is 4.61. The molecule has 0 bridgehead atoms. The van der Waals surface area contributed by atoms with E-state index in [1.807, 2.05) is 24.3 Å². The summed E-state index contributed by atoms with van der Waals surface area (Å²) in [6, 6.07) is 7.63. The minimum Gasteiger partial charge on any atom is -0.360 e. The molecule has 5 rings (SSSR count). The van der Waals surface area contributed by atoms with Crippen molar-refractivity contribution >= 4 is 54.9 Å². The van der Waals surface area contributed by atoms with E-state index < -0.39 is 0 Å². The molecule has 0 atom stereocenters. The number of hydrogen-bond donors (Lipinski definition) is 2. The minimum atomic E-state index is -0.0943. The number of aromatic nitrogens is 2. The second-order valence-corrected chi connectivity index (χ2v) is 10.2. The van der Waals surface area contributed by atoms with Crippen molar-refractivity contribution in [2.45, 2.75) is 45.1 Å². The lowest BCUT2D eigenvalue weighted by Crippen LogP contribution is -2.30. The highest BCUT2D eigenvalue weighted by molar-refractivity contribution is 9.10. The van der Waals surface area contributed by atoms with Crippen molar-refractivity contribution in [2.24, 2.45) is 0 Å². The summed E-state index contributed by atoms with van der Waals surface area (Å²) in [5, 5.41) is 7.41. The van der Waals surface area contributed by atoms with Gasteiger partial charge in [-0.2, -0.15) is 0 Å². The van der Waals surface area contributed by atoms with Gasteiger partial charge in [-0.15, -0.1) is 11.3 Å². The van der Waals surface area contributed by atoms with E-state index in [1.54, 1.807) is 11.3 Å². The molecule has 3 aromatic rings. The first-order valence-electron chi connectivity index (χ1n) is 11.0. The highest BCUT2D eigenvalue weighted by Crippen LogP contribution is 2.39. The predicted molar refractivity (Wildman–Crippen MR) is 130 cm³/mol. The van der Waals surface area contributed by atoms with Gasteiger partial charge in [-0.05, 0) is 78.8 Å². The van der Waals surface area contributed by atoms with Crippen molar-refractivity contribution in [3.63, 3.8) is 0 Å². The molecular weight excluding hydrogens is 474 g/mol. The van der Waals surface area contributed by atoms with Gasteiger partial charge in [-0.1, -0.05) is 18.6 Å². The van der Waals surface area contributed by atoms with Crippen molar-refractivity contribution in [2.75, 3.05) is 30.3 Å². The van der Waals surface area contributed by atoms with Crippen molar-refractivity contribution in [3.8, 4) is 0 Å². The maximum absolute atomic E-state index is 12.6. The number of nitrogens with zero attached hydrogens (tertiary/aromatic N) is 3. The second-order valence-electron chi connectivity index (χ2n) is 8.24. The van der Waals surface area contributed by atoms with E-state index in [0.717, 1.165) is 64.5 Å². The number of likely N-dealkylation sites (tertiary alicyclic amines) is 1. The average Bonchev–Trinajstić information content (AvgIpc) is 3.35. The lowest BCUT2D eigenvalue weighted by molar-refractivity contribution is -0.114. The molecule has 0 radical (unpaired) electrons.